The summed E-state index contributed by atoms with van der Waals surface area (Å²) in [6.07, 6.45) is 1.80. The van der Waals surface area contributed by atoms with E-state index in [0.29, 0.717) is 0 Å². The highest BCUT2D eigenvalue weighted by Crippen LogP contribution is 2.28. The Hall–Kier alpha value is -1.59. The molecular weight excluding hydrogens is 336 g/mol. The van der Waals surface area contributed by atoms with Gasteiger partial charge in [-0.2, -0.15) is 0 Å². The molecule has 0 aliphatic rings. The lowest BCUT2D eigenvalue weighted by Crippen LogP contribution is -1.87. The van der Waals surface area contributed by atoms with Crippen LogP contribution in [0.1, 0.15) is 0 Å². The average Bonchev–Trinajstić information content (AvgIpc) is 2.47. The fourth-order valence-electron chi connectivity index (χ4n) is 1.78. The van der Waals surface area contributed by atoms with Crippen LogP contribution in [0.3, 0.4) is 0 Å². The number of aromatic nitrogens is 2. The first-order chi connectivity index (χ1) is 9.74. The second-order valence-electron chi connectivity index (χ2n) is 4.12. The standard InChI is InChI=1S/C15H11BrN2OS/c1-19-11-3-5-12(6-4-11)20-15-9-17-13-7-2-10(16)8-14(13)18-15/h2-9H,1H3. The summed E-state index contributed by atoms with van der Waals surface area (Å²) in [4.78, 5) is 10.1. The average molecular weight is 347 g/mol. The third kappa shape index (κ3) is 2.94. The second kappa shape index (κ2) is 5.81. The van der Waals surface area contributed by atoms with Crippen LogP contribution in [0.15, 0.2) is 63.1 Å². The summed E-state index contributed by atoms with van der Waals surface area (Å²) in [5.74, 6) is 0.850. The first-order valence-corrected chi connectivity index (χ1v) is 7.60. The molecule has 0 N–H and O–H groups in total. The van der Waals surface area contributed by atoms with E-state index in [4.69, 9.17) is 4.74 Å². The van der Waals surface area contributed by atoms with Gasteiger partial charge < -0.3 is 4.74 Å². The number of halogens is 1. The highest BCUT2D eigenvalue weighted by atomic mass is 79.9. The molecule has 1 aromatic heterocycles. The zero-order valence-corrected chi connectivity index (χ0v) is 13.1. The Morgan fingerprint density at radius 3 is 2.60 bits per heavy atom. The molecule has 0 aliphatic heterocycles. The summed E-state index contributed by atoms with van der Waals surface area (Å²) in [5, 5.41) is 0.876. The van der Waals surface area contributed by atoms with Gasteiger partial charge in [0.15, 0.2) is 0 Å². The molecule has 0 unspecified atom stereocenters. The van der Waals surface area contributed by atoms with E-state index in [1.54, 1.807) is 25.1 Å². The van der Waals surface area contributed by atoms with Gasteiger partial charge in [-0.3, -0.25) is 4.98 Å². The number of hydrogen-bond acceptors (Lipinski definition) is 4. The predicted octanol–water partition coefficient (Wildman–Crippen LogP) is 4.55. The molecule has 0 fully saturated rings. The third-order valence-corrected chi connectivity index (χ3v) is 4.17. The summed E-state index contributed by atoms with van der Waals surface area (Å²) < 4.78 is 6.15. The number of fused-ring (bicyclic) bond motifs is 1. The maximum atomic E-state index is 5.15. The molecule has 0 spiro atoms. The van der Waals surface area contributed by atoms with Gasteiger partial charge in [-0.15, -0.1) is 0 Å². The largest absolute Gasteiger partial charge is 0.497 e. The van der Waals surface area contributed by atoms with Crippen LogP contribution >= 0.6 is 27.7 Å². The van der Waals surface area contributed by atoms with Crippen LogP contribution < -0.4 is 4.74 Å². The van der Waals surface area contributed by atoms with E-state index >= 15 is 0 Å². The van der Waals surface area contributed by atoms with Gasteiger partial charge in [0, 0.05) is 9.37 Å². The molecular formula is C15H11BrN2OS. The number of ether oxygens (including phenoxy) is 1. The van der Waals surface area contributed by atoms with Gasteiger partial charge >= 0.3 is 0 Å². The van der Waals surface area contributed by atoms with Crippen molar-refractivity contribution in [2.24, 2.45) is 0 Å². The fourth-order valence-corrected chi connectivity index (χ4v) is 2.89. The molecule has 0 amide bonds. The molecule has 5 heteroatoms. The van der Waals surface area contributed by atoms with Gasteiger partial charge in [0.1, 0.15) is 10.8 Å². The minimum Gasteiger partial charge on any atom is -0.497 e. The minimum absolute atomic E-state index is 0.850. The SMILES string of the molecule is COc1ccc(Sc2cnc3ccc(Br)cc3n2)cc1. The van der Waals surface area contributed by atoms with Crippen molar-refractivity contribution in [3.8, 4) is 5.75 Å². The van der Waals surface area contributed by atoms with Crippen LogP contribution in [-0.4, -0.2) is 17.1 Å². The van der Waals surface area contributed by atoms with Crippen molar-refractivity contribution < 1.29 is 4.74 Å². The van der Waals surface area contributed by atoms with Crippen LogP contribution in [0.25, 0.3) is 11.0 Å². The van der Waals surface area contributed by atoms with Crippen LogP contribution in [0, 0.1) is 0 Å². The maximum Gasteiger partial charge on any atom is 0.120 e. The summed E-state index contributed by atoms with van der Waals surface area (Å²) in [5.41, 5.74) is 1.78. The summed E-state index contributed by atoms with van der Waals surface area (Å²) in [6.45, 7) is 0. The lowest BCUT2D eigenvalue weighted by atomic mass is 10.3. The number of hydrogen-bond donors (Lipinski definition) is 0. The maximum absolute atomic E-state index is 5.15. The van der Waals surface area contributed by atoms with Crippen molar-refractivity contribution in [1.82, 2.24) is 9.97 Å². The van der Waals surface area contributed by atoms with Gasteiger partial charge in [0.05, 0.1) is 24.3 Å². The molecule has 20 heavy (non-hydrogen) atoms. The van der Waals surface area contributed by atoms with Crippen LogP contribution in [0.5, 0.6) is 5.75 Å². The first-order valence-electron chi connectivity index (χ1n) is 5.99. The van der Waals surface area contributed by atoms with Crippen LogP contribution in [0.4, 0.5) is 0 Å². The van der Waals surface area contributed by atoms with Gasteiger partial charge in [0.25, 0.3) is 0 Å². The Morgan fingerprint density at radius 2 is 1.85 bits per heavy atom. The molecule has 100 valence electrons. The van der Waals surface area contributed by atoms with E-state index in [0.717, 1.165) is 31.2 Å². The van der Waals surface area contributed by atoms with Gasteiger partial charge in [-0.05, 0) is 42.5 Å². The lowest BCUT2D eigenvalue weighted by molar-refractivity contribution is 0.414. The Kier molecular flexibility index (Phi) is 3.89. The fraction of sp³-hybridized carbons (Fsp3) is 0.0667. The van der Waals surface area contributed by atoms with Gasteiger partial charge in [-0.1, -0.05) is 27.7 Å². The molecule has 3 nitrogen and oxygen atoms in total. The van der Waals surface area contributed by atoms with Crippen molar-refractivity contribution in [3.05, 3.63) is 53.1 Å². The topological polar surface area (TPSA) is 35.0 Å². The zero-order valence-electron chi connectivity index (χ0n) is 10.7. The Balaban J connectivity index is 1.89. The molecule has 3 rings (SSSR count). The van der Waals surface area contributed by atoms with Crippen molar-refractivity contribution in [2.75, 3.05) is 7.11 Å². The summed E-state index contributed by atoms with van der Waals surface area (Å²) >= 11 is 5.03. The predicted molar refractivity (Wildman–Crippen MR) is 84.4 cm³/mol. The van der Waals surface area contributed by atoms with E-state index in [-0.39, 0.29) is 0 Å². The highest BCUT2D eigenvalue weighted by Gasteiger charge is 2.03. The number of benzene rings is 2. The van der Waals surface area contributed by atoms with Crippen molar-refractivity contribution in [2.45, 2.75) is 9.92 Å². The van der Waals surface area contributed by atoms with Crippen molar-refractivity contribution in [3.63, 3.8) is 0 Å². The molecule has 1 heterocycles. The Bertz CT molecular complexity index is 746. The van der Waals surface area contributed by atoms with E-state index in [1.807, 2.05) is 42.5 Å². The van der Waals surface area contributed by atoms with Crippen molar-refractivity contribution in [1.29, 1.82) is 0 Å². The second-order valence-corrected chi connectivity index (χ2v) is 6.13. The van der Waals surface area contributed by atoms with E-state index in [2.05, 4.69) is 25.9 Å². The number of rotatable bonds is 3. The van der Waals surface area contributed by atoms with E-state index in [9.17, 15) is 0 Å². The minimum atomic E-state index is 0.850. The quantitative estimate of drug-likeness (QED) is 0.696. The van der Waals surface area contributed by atoms with E-state index in [1.165, 1.54) is 0 Å². The Labute approximate surface area is 129 Å². The molecule has 0 bridgehead atoms. The molecule has 0 saturated heterocycles. The van der Waals surface area contributed by atoms with Gasteiger partial charge in [-0.25, -0.2) is 4.98 Å². The van der Waals surface area contributed by atoms with Gasteiger partial charge in [0.2, 0.25) is 0 Å². The normalized spacial score (nSPS) is 10.7. The Morgan fingerprint density at radius 1 is 1.05 bits per heavy atom. The smallest absolute Gasteiger partial charge is 0.120 e. The monoisotopic (exact) mass is 346 g/mol. The zero-order chi connectivity index (χ0) is 13.9. The van der Waals surface area contributed by atoms with Crippen molar-refractivity contribution >= 4 is 38.7 Å². The molecule has 2 aromatic carbocycles. The third-order valence-electron chi connectivity index (χ3n) is 2.76. The molecule has 0 aliphatic carbocycles. The van der Waals surface area contributed by atoms with Crippen LogP contribution in [0.2, 0.25) is 0 Å². The summed E-state index contributed by atoms with van der Waals surface area (Å²) in [6, 6.07) is 13.8. The lowest BCUT2D eigenvalue weighted by Gasteiger charge is -2.04. The molecule has 0 radical (unpaired) electrons. The highest BCUT2D eigenvalue weighted by molar-refractivity contribution is 9.10. The summed E-state index contributed by atoms with van der Waals surface area (Å²) in [7, 11) is 1.66. The number of nitrogens with zero attached hydrogens (tertiary/aromatic N) is 2. The number of methoxy groups -OCH3 is 1. The van der Waals surface area contributed by atoms with Crippen LogP contribution in [-0.2, 0) is 0 Å². The molecule has 0 atom stereocenters. The van der Waals surface area contributed by atoms with E-state index < -0.39 is 0 Å². The molecule has 0 saturated carbocycles. The first kappa shape index (κ1) is 13.4. The molecule has 3 aromatic rings.